The molecule has 0 bridgehead atoms. The number of anilines is 1. The van der Waals surface area contributed by atoms with Crippen LogP contribution in [0, 0.1) is 21.8 Å². The van der Waals surface area contributed by atoms with Crippen molar-refractivity contribution in [2.75, 3.05) is 11.9 Å². The van der Waals surface area contributed by atoms with Crippen LogP contribution < -0.4 is 11.1 Å². The molecule has 1 unspecified atom stereocenters. The largest absolute Gasteiger partial charge is 0.376 e. The molecule has 0 saturated heterocycles. The van der Waals surface area contributed by atoms with Crippen LogP contribution in [0.3, 0.4) is 0 Å². The number of nitrogens with two attached hydrogens (primary N) is 1. The number of nitrogens with one attached hydrogen (secondary N) is 1. The Morgan fingerprint density at radius 2 is 2.17 bits per heavy atom. The molecule has 0 aliphatic heterocycles. The number of benzene rings is 1. The summed E-state index contributed by atoms with van der Waals surface area (Å²) in [6.07, 6.45) is 0. The van der Waals surface area contributed by atoms with E-state index in [0.29, 0.717) is 6.54 Å². The predicted octanol–water partition coefficient (Wildman–Crippen LogP) is 2.52. The Morgan fingerprint density at radius 3 is 2.56 bits per heavy atom. The van der Waals surface area contributed by atoms with E-state index in [-0.39, 0.29) is 17.3 Å². The van der Waals surface area contributed by atoms with Gasteiger partial charge in [-0.2, -0.15) is 0 Å². The first-order valence-corrected chi connectivity index (χ1v) is 5.72. The lowest BCUT2D eigenvalue weighted by Gasteiger charge is -2.34. The molecule has 0 amide bonds. The van der Waals surface area contributed by atoms with Crippen molar-refractivity contribution >= 4 is 11.4 Å². The Hall–Kier alpha value is -1.69. The van der Waals surface area contributed by atoms with E-state index in [1.807, 2.05) is 20.8 Å². The summed E-state index contributed by atoms with van der Waals surface area (Å²) in [4.78, 5) is 9.89. The molecule has 6 heteroatoms. The highest BCUT2D eigenvalue weighted by atomic mass is 19.1. The van der Waals surface area contributed by atoms with E-state index in [1.54, 1.807) is 0 Å². The zero-order valence-corrected chi connectivity index (χ0v) is 10.7. The Bertz CT molecular complexity index is 451. The first-order chi connectivity index (χ1) is 8.30. The average Bonchev–Trinajstić information content (AvgIpc) is 2.31. The normalized spacial score (nSPS) is 14.3. The molecule has 3 N–H and O–H groups in total. The fourth-order valence-corrected chi connectivity index (χ4v) is 1.46. The number of nitro groups is 1. The topological polar surface area (TPSA) is 81.2 Å². The molecule has 1 atom stereocenters. The summed E-state index contributed by atoms with van der Waals surface area (Å²) in [6, 6.07) is 3.53. The molecule has 0 aliphatic rings. The lowest BCUT2D eigenvalue weighted by molar-refractivity contribution is -0.385. The van der Waals surface area contributed by atoms with Gasteiger partial charge in [0.25, 0.3) is 5.69 Å². The minimum Gasteiger partial charge on any atom is -0.376 e. The van der Waals surface area contributed by atoms with Crippen LogP contribution in [-0.4, -0.2) is 17.0 Å². The van der Waals surface area contributed by atoms with Crippen LogP contribution >= 0.6 is 0 Å². The molecule has 1 aromatic rings. The maximum absolute atomic E-state index is 13.7. The van der Waals surface area contributed by atoms with Gasteiger partial charge in [0.15, 0.2) is 5.82 Å². The van der Waals surface area contributed by atoms with E-state index in [9.17, 15) is 14.5 Å². The first kappa shape index (κ1) is 14.4. The van der Waals surface area contributed by atoms with Crippen LogP contribution in [0.15, 0.2) is 18.2 Å². The van der Waals surface area contributed by atoms with E-state index >= 15 is 0 Å². The molecular weight excluding hydrogens is 237 g/mol. The molecule has 0 radical (unpaired) electrons. The molecule has 5 nitrogen and oxygen atoms in total. The van der Waals surface area contributed by atoms with Crippen molar-refractivity contribution in [2.45, 2.75) is 26.3 Å². The Balaban J connectivity index is 3.02. The lowest BCUT2D eigenvalue weighted by atomic mass is 9.88. The zero-order chi connectivity index (χ0) is 13.9. The van der Waals surface area contributed by atoms with Gasteiger partial charge in [-0.1, -0.05) is 13.8 Å². The molecule has 0 heterocycles. The monoisotopic (exact) mass is 255 g/mol. The van der Waals surface area contributed by atoms with Crippen molar-refractivity contribution in [3.63, 3.8) is 0 Å². The molecule has 18 heavy (non-hydrogen) atoms. The van der Waals surface area contributed by atoms with Crippen LogP contribution in [-0.2, 0) is 0 Å². The van der Waals surface area contributed by atoms with Gasteiger partial charge in [-0.05, 0) is 18.9 Å². The standard InChI is InChI=1S/C12H18FN3O2/c1-8(2)12(3,7-14)15-11-5-4-9(16(17)18)6-10(11)13/h4-6,8,15H,7,14H2,1-3H3. The molecule has 0 spiro atoms. The summed E-state index contributed by atoms with van der Waals surface area (Å²) in [6.45, 7) is 6.17. The highest BCUT2D eigenvalue weighted by Crippen LogP contribution is 2.26. The van der Waals surface area contributed by atoms with Crippen LogP contribution in [0.25, 0.3) is 0 Å². The van der Waals surface area contributed by atoms with Gasteiger partial charge in [0.2, 0.25) is 0 Å². The second kappa shape index (κ2) is 5.30. The van der Waals surface area contributed by atoms with Crippen LogP contribution in [0.4, 0.5) is 15.8 Å². The average molecular weight is 255 g/mol. The third-order valence-electron chi connectivity index (χ3n) is 3.28. The van der Waals surface area contributed by atoms with Gasteiger partial charge in [-0.25, -0.2) is 4.39 Å². The molecule has 0 aromatic heterocycles. The van der Waals surface area contributed by atoms with Gasteiger partial charge in [-0.15, -0.1) is 0 Å². The van der Waals surface area contributed by atoms with E-state index in [4.69, 9.17) is 5.73 Å². The van der Waals surface area contributed by atoms with Gasteiger partial charge in [0.1, 0.15) is 0 Å². The summed E-state index contributed by atoms with van der Waals surface area (Å²) in [5, 5.41) is 13.5. The van der Waals surface area contributed by atoms with Gasteiger partial charge in [0.05, 0.1) is 16.7 Å². The number of hydrogen-bond donors (Lipinski definition) is 2. The minimum atomic E-state index is -0.649. The predicted molar refractivity (Wildman–Crippen MR) is 69.0 cm³/mol. The van der Waals surface area contributed by atoms with Crippen LogP contribution in [0.5, 0.6) is 0 Å². The fraction of sp³-hybridized carbons (Fsp3) is 0.500. The van der Waals surface area contributed by atoms with Crippen LogP contribution in [0.2, 0.25) is 0 Å². The maximum atomic E-state index is 13.7. The summed E-state index contributed by atoms with van der Waals surface area (Å²) < 4.78 is 13.7. The van der Waals surface area contributed by atoms with Crippen molar-refractivity contribution in [3.05, 3.63) is 34.1 Å². The minimum absolute atomic E-state index is 0.192. The van der Waals surface area contributed by atoms with Gasteiger partial charge in [-0.3, -0.25) is 10.1 Å². The lowest BCUT2D eigenvalue weighted by Crippen LogP contribution is -2.47. The van der Waals surface area contributed by atoms with E-state index < -0.39 is 16.3 Å². The molecular formula is C12H18FN3O2. The highest BCUT2D eigenvalue weighted by molar-refractivity contribution is 5.51. The third-order valence-corrected chi connectivity index (χ3v) is 3.28. The second-order valence-corrected chi connectivity index (χ2v) is 4.82. The number of nitro benzene ring substituents is 1. The van der Waals surface area contributed by atoms with Gasteiger partial charge < -0.3 is 11.1 Å². The van der Waals surface area contributed by atoms with Crippen molar-refractivity contribution in [1.82, 2.24) is 0 Å². The van der Waals surface area contributed by atoms with Crippen molar-refractivity contribution < 1.29 is 9.31 Å². The zero-order valence-electron chi connectivity index (χ0n) is 10.7. The highest BCUT2D eigenvalue weighted by Gasteiger charge is 2.27. The number of non-ortho nitro benzene ring substituents is 1. The Labute approximate surface area is 105 Å². The Kier molecular flexibility index (Phi) is 4.24. The summed E-state index contributed by atoms with van der Waals surface area (Å²) >= 11 is 0. The fourth-order valence-electron chi connectivity index (χ4n) is 1.46. The van der Waals surface area contributed by atoms with E-state index in [0.717, 1.165) is 6.07 Å². The summed E-state index contributed by atoms with van der Waals surface area (Å²) in [7, 11) is 0. The van der Waals surface area contributed by atoms with Crippen molar-refractivity contribution in [2.24, 2.45) is 11.7 Å². The molecule has 0 aliphatic carbocycles. The quantitative estimate of drug-likeness (QED) is 0.625. The summed E-state index contributed by atoms with van der Waals surface area (Å²) in [5.74, 6) is -0.457. The van der Waals surface area contributed by atoms with E-state index in [2.05, 4.69) is 5.32 Å². The number of nitrogens with zero attached hydrogens (tertiary/aromatic N) is 1. The molecule has 1 aromatic carbocycles. The number of hydrogen-bond acceptors (Lipinski definition) is 4. The van der Waals surface area contributed by atoms with E-state index in [1.165, 1.54) is 12.1 Å². The SMILES string of the molecule is CC(C)C(C)(CN)Nc1ccc([N+](=O)[O-])cc1F. The van der Waals surface area contributed by atoms with Crippen molar-refractivity contribution in [1.29, 1.82) is 0 Å². The molecule has 1 rings (SSSR count). The first-order valence-electron chi connectivity index (χ1n) is 5.72. The van der Waals surface area contributed by atoms with Gasteiger partial charge >= 0.3 is 0 Å². The van der Waals surface area contributed by atoms with Crippen LogP contribution in [0.1, 0.15) is 20.8 Å². The molecule has 100 valence electrons. The molecule has 0 fully saturated rings. The number of halogens is 1. The Morgan fingerprint density at radius 1 is 1.56 bits per heavy atom. The van der Waals surface area contributed by atoms with Crippen molar-refractivity contribution in [3.8, 4) is 0 Å². The molecule has 0 saturated carbocycles. The number of rotatable bonds is 5. The third kappa shape index (κ3) is 2.95. The van der Waals surface area contributed by atoms with Gasteiger partial charge in [0, 0.05) is 18.2 Å². The second-order valence-electron chi connectivity index (χ2n) is 4.82. The maximum Gasteiger partial charge on any atom is 0.272 e. The smallest absolute Gasteiger partial charge is 0.272 e. The summed E-state index contributed by atoms with van der Waals surface area (Å²) in [5.41, 5.74) is 5.19.